The van der Waals surface area contributed by atoms with Gasteiger partial charge in [0, 0.05) is 5.25 Å². The molecule has 0 fully saturated rings. The first-order valence-corrected chi connectivity index (χ1v) is 8.28. The molecule has 1 heteroatoms. The molecule has 1 aromatic carbocycles. The number of hydrogen-bond acceptors (Lipinski definition) is 1. The van der Waals surface area contributed by atoms with Crippen LogP contribution in [0.3, 0.4) is 0 Å². The van der Waals surface area contributed by atoms with Gasteiger partial charge in [0.2, 0.25) is 0 Å². The van der Waals surface area contributed by atoms with Crippen LogP contribution in [0.5, 0.6) is 0 Å². The predicted octanol–water partition coefficient (Wildman–Crippen LogP) is 6.23. The normalized spacial score (nSPS) is 18.8. The standard InChI is InChI=1S/C18H26S/c1-10(2)15-8-12(5)13(6)17-14(7)19-9-16(11(3)4)18(15)17/h8-11,14H,1-7H3/t14-/m0/s1. The van der Waals surface area contributed by atoms with E-state index in [2.05, 4.69) is 59.9 Å². The van der Waals surface area contributed by atoms with Crippen molar-refractivity contribution in [1.82, 2.24) is 0 Å². The molecule has 104 valence electrons. The zero-order chi connectivity index (χ0) is 14.3. The van der Waals surface area contributed by atoms with Crippen molar-refractivity contribution in [1.29, 1.82) is 0 Å². The van der Waals surface area contributed by atoms with Gasteiger partial charge >= 0.3 is 0 Å². The molecule has 0 radical (unpaired) electrons. The smallest absolute Gasteiger partial charge is 0.0319 e. The van der Waals surface area contributed by atoms with Gasteiger partial charge in [-0.05, 0) is 71.4 Å². The highest BCUT2D eigenvalue weighted by Gasteiger charge is 2.26. The van der Waals surface area contributed by atoms with E-state index in [1.807, 2.05) is 11.8 Å². The Morgan fingerprint density at radius 1 is 1.05 bits per heavy atom. The third kappa shape index (κ3) is 2.50. The zero-order valence-corrected chi connectivity index (χ0v) is 14.1. The van der Waals surface area contributed by atoms with Crippen LogP contribution in [-0.2, 0) is 0 Å². The number of aryl methyl sites for hydroxylation is 1. The second-order valence-electron chi connectivity index (χ2n) is 6.36. The Kier molecular flexibility index (Phi) is 4.15. The van der Waals surface area contributed by atoms with Crippen molar-refractivity contribution in [2.24, 2.45) is 5.92 Å². The number of rotatable bonds is 2. The van der Waals surface area contributed by atoms with Gasteiger partial charge in [0.15, 0.2) is 0 Å². The van der Waals surface area contributed by atoms with Crippen LogP contribution in [0.4, 0.5) is 0 Å². The fraction of sp³-hybridized carbons (Fsp3) is 0.556. The highest BCUT2D eigenvalue weighted by atomic mass is 32.2. The lowest BCUT2D eigenvalue weighted by atomic mass is 9.80. The summed E-state index contributed by atoms with van der Waals surface area (Å²) < 4.78 is 0. The molecule has 1 aliphatic heterocycles. The summed E-state index contributed by atoms with van der Waals surface area (Å²) in [5, 5.41) is 2.98. The van der Waals surface area contributed by atoms with Gasteiger partial charge in [0.05, 0.1) is 0 Å². The molecule has 0 aromatic heterocycles. The molecule has 0 nitrogen and oxygen atoms in total. The molecule has 1 heterocycles. The number of allylic oxidation sites excluding steroid dienone is 1. The minimum atomic E-state index is 0.579. The van der Waals surface area contributed by atoms with Gasteiger partial charge in [0.1, 0.15) is 0 Å². The summed E-state index contributed by atoms with van der Waals surface area (Å²) in [5.41, 5.74) is 9.14. The second kappa shape index (κ2) is 5.36. The molecule has 0 bridgehead atoms. The van der Waals surface area contributed by atoms with Crippen LogP contribution in [0, 0.1) is 19.8 Å². The lowest BCUT2D eigenvalue weighted by molar-refractivity contribution is 0.817. The Morgan fingerprint density at radius 3 is 2.21 bits per heavy atom. The van der Waals surface area contributed by atoms with Crippen LogP contribution >= 0.6 is 11.8 Å². The molecule has 0 saturated carbocycles. The van der Waals surface area contributed by atoms with Crippen LogP contribution in [0.1, 0.15) is 73.6 Å². The van der Waals surface area contributed by atoms with Gasteiger partial charge in [-0.25, -0.2) is 0 Å². The van der Waals surface area contributed by atoms with Crippen molar-refractivity contribution in [3.63, 3.8) is 0 Å². The van der Waals surface area contributed by atoms with E-state index in [9.17, 15) is 0 Å². The summed E-state index contributed by atoms with van der Waals surface area (Å²) in [5.74, 6) is 1.18. The Bertz CT molecular complexity index is 521. The molecule has 1 aromatic rings. The Labute approximate surface area is 122 Å². The Balaban J connectivity index is 2.79. The quantitative estimate of drug-likeness (QED) is 0.616. The van der Waals surface area contributed by atoms with E-state index in [-0.39, 0.29) is 0 Å². The molecule has 2 rings (SSSR count). The fourth-order valence-corrected chi connectivity index (χ4v) is 4.15. The maximum atomic E-state index is 2.41. The average Bonchev–Trinajstić information content (AvgIpc) is 2.32. The van der Waals surface area contributed by atoms with E-state index in [0.29, 0.717) is 17.1 Å². The number of hydrogen-bond donors (Lipinski definition) is 0. The SMILES string of the molecule is Cc1cc(C(C)C)c2c(c1C)[C@H](C)SC=C2C(C)C. The van der Waals surface area contributed by atoms with Crippen molar-refractivity contribution in [2.45, 2.75) is 59.6 Å². The first-order chi connectivity index (χ1) is 8.84. The maximum absolute atomic E-state index is 2.41. The topological polar surface area (TPSA) is 0 Å². The van der Waals surface area contributed by atoms with Crippen molar-refractivity contribution < 1.29 is 0 Å². The minimum Gasteiger partial charge on any atom is -0.126 e. The van der Waals surface area contributed by atoms with Crippen molar-refractivity contribution in [2.75, 3.05) is 0 Å². The Morgan fingerprint density at radius 2 is 1.68 bits per heavy atom. The first kappa shape index (κ1) is 14.7. The first-order valence-electron chi connectivity index (χ1n) is 7.34. The molecular weight excluding hydrogens is 248 g/mol. The monoisotopic (exact) mass is 274 g/mol. The second-order valence-corrected chi connectivity index (χ2v) is 7.57. The lowest BCUT2D eigenvalue weighted by Crippen LogP contribution is -2.12. The summed E-state index contributed by atoms with van der Waals surface area (Å²) >= 11 is 1.98. The summed E-state index contributed by atoms with van der Waals surface area (Å²) in [4.78, 5) is 0. The van der Waals surface area contributed by atoms with Crippen LogP contribution in [0.15, 0.2) is 11.5 Å². The summed E-state index contributed by atoms with van der Waals surface area (Å²) in [6.45, 7) is 16.1. The molecule has 1 atom stereocenters. The van der Waals surface area contributed by atoms with E-state index in [0.717, 1.165) is 0 Å². The number of benzene rings is 1. The number of fused-ring (bicyclic) bond motifs is 1. The van der Waals surface area contributed by atoms with Gasteiger partial charge in [-0.15, -0.1) is 11.8 Å². The minimum absolute atomic E-state index is 0.579. The summed E-state index contributed by atoms with van der Waals surface area (Å²) in [6, 6.07) is 2.41. The van der Waals surface area contributed by atoms with Crippen LogP contribution in [0.2, 0.25) is 0 Å². The van der Waals surface area contributed by atoms with E-state index >= 15 is 0 Å². The molecule has 0 amide bonds. The maximum Gasteiger partial charge on any atom is 0.0319 e. The molecular formula is C18H26S. The summed E-state index contributed by atoms with van der Waals surface area (Å²) in [6.07, 6.45) is 0. The van der Waals surface area contributed by atoms with Gasteiger partial charge in [-0.3, -0.25) is 0 Å². The average molecular weight is 274 g/mol. The highest BCUT2D eigenvalue weighted by Crippen LogP contribution is 2.48. The summed E-state index contributed by atoms with van der Waals surface area (Å²) in [7, 11) is 0. The molecule has 1 aliphatic rings. The van der Waals surface area contributed by atoms with E-state index < -0.39 is 0 Å². The lowest BCUT2D eigenvalue weighted by Gasteiger charge is -2.31. The Hall–Kier alpha value is -0.690. The van der Waals surface area contributed by atoms with Gasteiger partial charge in [-0.1, -0.05) is 33.8 Å². The van der Waals surface area contributed by atoms with E-state index in [4.69, 9.17) is 0 Å². The van der Waals surface area contributed by atoms with Gasteiger partial charge in [-0.2, -0.15) is 0 Å². The van der Waals surface area contributed by atoms with Crippen molar-refractivity contribution in [3.05, 3.63) is 39.3 Å². The van der Waals surface area contributed by atoms with Crippen LogP contribution < -0.4 is 0 Å². The van der Waals surface area contributed by atoms with Crippen LogP contribution in [0.25, 0.3) is 5.57 Å². The van der Waals surface area contributed by atoms with E-state index in [1.54, 1.807) is 11.1 Å². The molecule has 0 aliphatic carbocycles. The zero-order valence-electron chi connectivity index (χ0n) is 13.3. The van der Waals surface area contributed by atoms with E-state index in [1.165, 1.54) is 22.3 Å². The molecule has 0 unspecified atom stereocenters. The fourth-order valence-electron chi connectivity index (χ4n) is 2.98. The molecule has 19 heavy (non-hydrogen) atoms. The molecule has 0 spiro atoms. The largest absolute Gasteiger partial charge is 0.126 e. The van der Waals surface area contributed by atoms with Gasteiger partial charge < -0.3 is 0 Å². The van der Waals surface area contributed by atoms with Crippen molar-refractivity contribution >= 4 is 17.3 Å². The molecule has 0 N–H and O–H groups in total. The predicted molar refractivity (Wildman–Crippen MR) is 88.8 cm³/mol. The third-order valence-electron chi connectivity index (χ3n) is 4.26. The van der Waals surface area contributed by atoms with Crippen molar-refractivity contribution in [3.8, 4) is 0 Å². The number of thioether (sulfide) groups is 1. The van der Waals surface area contributed by atoms with Gasteiger partial charge in [0.25, 0.3) is 0 Å². The highest BCUT2D eigenvalue weighted by molar-refractivity contribution is 8.02. The molecule has 0 saturated heterocycles. The van der Waals surface area contributed by atoms with Crippen LogP contribution in [-0.4, -0.2) is 0 Å². The third-order valence-corrected chi connectivity index (χ3v) is 5.30.